The second-order valence-electron chi connectivity index (χ2n) is 6.74. The molecule has 1 aliphatic rings. The number of hydrogen-bond donors (Lipinski definition) is 0. The lowest BCUT2D eigenvalue weighted by molar-refractivity contribution is 0.289. The lowest BCUT2D eigenvalue weighted by Crippen LogP contribution is -2.19. The van der Waals surface area contributed by atoms with E-state index in [1.54, 1.807) is 0 Å². The van der Waals surface area contributed by atoms with Crippen molar-refractivity contribution in [3.05, 3.63) is 34.3 Å². The second kappa shape index (κ2) is 3.50. The van der Waals surface area contributed by atoms with Crippen LogP contribution in [0.4, 0.5) is 0 Å². The minimum Gasteiger partial charge on any atom is -0.0843 e. The molecule has 1 atom stereocenters. The SMILES string of the molecule is CC1(C)C[C@H](C(C)(C)C)c2ccc(Cl)cc21. The third-order valence-electron chi connectivity index (χ3n) is 3.88. The molecule has 1 aromatic carbocycles. The van der Waals surface area contributed by atoms with E-state index in [0.29, 0.717) is 11.3 Å². The van der Waals surface area contributed by atoms with Gasteiger partial charge in [-0.15, -0.1) is 0 Å². The number of benzene rings is 1. The maximum Gasteiger partial charge on any atom is 0.0409 e. The fourth-order valence-electron chi connectivity index (χ4n) is 2.92. The summed E-state index contributed by atoms with van der Waals surface area (Å²) in [5.41, 5.74) is 3.54. The maximum atomic E-state index is 6.11. The molecule has 16 heavy (non-hydrogen) atoms. The quantitative estimate of drug-likeness (QED) is 0.584. The first kappa shape index (κ1) is 12.0. The fourth-order valence-corrected chi connectivity index (χ4v) is 3.09. The fraction of sp³-hybridized carbons (Fsp3) is 0.600. The first-order valence-electron chi connectivity index (χ1n) is 6.02. The summed E-state index contributed by atoms with van der Waals surface area (Å²) in [6.07, 6.45) is 1.23. The van der Waals surface area contributed by atoms with Gasteiger partial charge in [0, 0.05) is 5.02 Å². The summed E-state index contributed by atoms with van der Waals surface area (Å²) in [6.45, 7) is 11.6. The van der Waals surface area contributed by atoms with Gasteiger partial charge in [-0.2, -0.15) is 0 Å². The Bertz CT molecular complexity index is 410. The van der Waals surface area contributed by atoms with Crippen LogP contribution in [0.3, 0.4) is 0 Å². The molecule has 0 fully saturated rings. The Morgan fingerprint density at radius 3 is 2.44 bits per heavy atom. The number of halogens is 1. The molecule has 0 nitrogen and oxygen atoms in total. The van der Waals surface area contributed by atoms with Crippen LogP contribution in [0, 0.1) is 5.41 Å². The molecular weight excluding hydrogens is 216 g/mol. The Labute approximate surface area is 104 Å². The normalized spacial score (nSPS) is 23.2. The lowest BCUT2D eigenvalue weighted by atomic mass is 9.75. The minimum absolute atomic E-state index is 0.262. The van der Waals surface area contributed by atoms with Crippen molar-refractivity contribution in [1.82, 2.24) is 0 Å². The summed E-state index contributed by atoms with van der Waals surface area (Å²) in [7, 11) is 0. The van der Waals surface area contributed by atoms with Crippen molar-refractivity contribution < 1.29 is 0 Å². The molecular formula is C15H21Cl. The summed E-state index contributed by atoms with van der Waals surface area (Å²) < 4.78 is 0. The average molecular weight is 237 g/mol. The van der Waals surface area contributed by atoms with Crippen molar-refractivity contribution in [1.29, 1.82) is 0 Å². The van der Waals surface area contributed by atoms with Crippen LogP contribution < -0.4 is 0 Å². The summed E-state index contributed by atoms with van der Waals surface area (Å²) >= 11 is 6.11. The van der Waals surface area contributed by atoms with Crippen molar-refractivity contribution in [2.75, 3.05) is 0 Å². The van der Waals surface area contributed by atoms with Gasteiger partial charge in [0.05, 0.1) is 0 Å². The standard InChI is InChI=1S/C15H21Cl/c1-14(2,3)13-9-15(4,5)12-8-10(16)6-7-11(12)13/h6-8,13H,9H2,1-5H3/t13-/m0/s1. The summed E-state index contributed by atoms with van der Waals surface area (Å²) in [4.78, 5) is 0. The van der Waals surface area contributed by atoms with Crippen LogP contribution in [0.5, 0.6) is 0 Å². The van der Waals surface area contributed by atoms with Gasteiger partial charge in [0.25, 0.3) is 0 Å². The average Bonchev–Trinajstić information content (AvgIpc) is 2.38. The maximum absolute atomic E-state index is 6.11. The second-order valence-corrected chi connectivity index (χ2v) is 7.17. The molecule has 1 aromatic rings. The Kier molecular flexibility index (Phi) is 2.62. The van der Waals surface area contributed by atoms with Crippen LogP contribution in [0.25, 0.3) is 0 Å². The third-order valence-corrected chi connectivity index (χ3v) is 4.11. The van der Waals surface area contributed by atoms with Gasteiger partial charge >= 0.3 is 0 Å². The molecule has 2 rings (SSSR count). The van der Waals surface area contributed by atoms with Gasteiger partial charge in [0.15, 0.2) is 0 Å². The number of rotatable bonds is 0. The van der Waals surface area contributed by atoms with Crippen molar-refractivity contribution in [3.8, 4) is 0 Å². The van der Waals surface area contributed by atoms with E-state index >= 15 is 0 Å². The smallest absolute Gasteiger partial charge is 0.0409 e. The summed E-state index contributed by atoms with van der Waals surface area (Å²) in [6, 6.07) is 6.41. The van der Waals surface area contributed by atoms with Gasteiger partial charge in [-0.1, -0.05) is 52.3 Å². The van der Waals surface area contributed by atoms with Gasteiger partial charge in [0.1, 0.15) is 0 Å². The van der Waals surface area contributed by atoms with E-state index < -0.39 is 0 Å². The highest BCUT2D eigenvalue weighted by Crippen LogP contribution is 2.53. The topological polar surface area (TPSA) is 0 Å². The molecule has 0 aliphatic heterocycles. The molecule has 0 N–H and O–H groups in total. The first-order chi connectivity index (χ1) is 7.22. The van der Waals surface area contributed by atoms with E-state index in [4.69, 9.17) is 11.6 Å². The van der Waals surface area contributed by atoms with E-state index in [0.717, 1.165) is 5.02 Å². The summed E-state index contributed by atoms with van der Waals surface area (Å²) in [5, 5.41) is 0.862. The van der Waals surface area contributed by atoms with Crippen molar-refractivity contribution in [3.63, 3.8) is 0 Å². The monoisotopic (exact) mass is 236 g/mol. The predicted molar refractivity (Wildman–Crippen MR) is 71.3 cm³/mol. The zero-order valence-electron chi connectivity index (χ0n) is 10.9. The van der Waals surface area contributed by atoms with Gasteiger partial charge in [-0.05, 0) is 46.4 Å². The van der Waals surface area contributed by atoms with Crippen LogP contribution in [0.15, 0.2) is 18.2 Å². The highest BCUT2D eigenvalue weighted by molar-refractivity contribution is 6.30. The molecule has 0 saturated carbocycles. The van der Waals surface area contributed by atoms with E-state index in [1.165, 1.54) is 17.5 Å². The van der Waals surface area contributed by atoms with Crippen LogP contribution in [0.2, 0.25) is 5.02 Å². The Hall–Kier alpha value is -0.490. The molecule has 0 spiro atoms. The van der Waals surface area contributed by atoms with Crippen molar-refractivity contribution in [2.45, 2.75) is 52.4 Å². The molecule has 0 amide bonds. The van der Waals surface area contributed by atoms with Crippen LogP contribution in [-0.4, -0.2) is 0 Å². The molecule has 0 saturated heterocycles. The van der Waals surface area contributed by atoms with Gasteiger partial charge in [-0.3, -0.25) is 0 Å². The number of hydrogen-bond acceptors (Lipinski definition) is 0. The number of fused-ring (bicyclic) bond motifs is 1. The van der Waals surface area contributed by atoms with Crippen molar-refractivity contribution in [2.24, 2.45) is 5.41 Å². The zero-order chi connectivity index (χ0) is 12.1. The van der Waals surface area contributed by atoms with Gasteiger partial charge < -0.3 is 0 Å². The molecule has 0 bridgehead atoms. The molecule has 1 aliphatic carbocycles. The minimum atomic E-state index is 0.262. The van der Waals surface area contributed by atoms with E-state index in [1.807, 2.05) is 6.07 Å². The Morgan fingerprint density at radius 2 is 1.88 bits per heavy atom. The first-order valence-corrected chi connectivity index (χ1v) is 6.39. The molecule has 0 radical (unpaired) electrons. The highest BCUT2D eigenvalue weighted by Gasteiger charge is 2.41. The Balaban J connectivity index is 2.56. The summed E-state index contributed by atoms with van der Waals surface area (Å²) in [5.74, 6) is 0.648. The van der Waals surface area contributed by atoms with E-state index in [2.05, 4.69) is 46.8 Å². The highest BCUT2D eigenvalue weighted by atomic mass is 35.5. The molecule has 1 heteroatoms. The zero-order valence-corrected chi connectivity index (χ0v) is 11.7. The van der Waals surface area contributed by atoms with Crippen LogP contribution >= 0.6 is 11.6 Å². The Morgan fingerprint density at radius 1 is 1.25 bits per heavy atom. The van der Waals surface area contributed by atoms with E-state index in [-0.39, 0.29) is 5.41 Å². The van der Waals surface area contributed by atoms with E-state index in [9.17, 15) is 0 Å². The lowest BCUT2D eigenvalue weighted by Gasteiger charge is -2.29. The van der Waals surface area contributed by atoms with Gasteiger partial charge in [0.2, 0.25) is 0 Å². The molecule has 0 aromatic heterocycles. The van der Waals surface area contributed by atoms with Crippen molar-refractivity contribution >= 4 is 11.6 Å². The predicted octanol–water partition coefficient (Wildman–Crippen LogP) is 5.15. The molecule has 0 unspecified atom stereocenters. The van der Waals surface area contributed by atoms with Crippen LogP contribution in [0.1, 0.15) is 58.1 Å². The van der Waals surface area contributed by atoms with Gasteiger partial charge in [-0.25, -0.2) is 0 Å². The molecule has 0 heterocycles. The van der Waals surface area contributed by atoms with Crippen LogP contribution in [-0.2, 0) is 5.41 Å². The largest absolute Gasteiger partial charge is 0.0843 e. The third kappa shape index (κ3) is 1.88. The molecule has 88 valence electrons.